The molecular weight excluding hydrogens is 186 g/mol. The summed E-state index contributed by atoms with van der Waals surface area (Å²) >= 11 is 0. The maximum absolute atomic E-state index is 11.8. The molecule has 1 unspecified atom stereocenters. The third kappa shape index (κ3) is 2.46. The average Bonchev–Trinajstić information content (AvgIpc) is 2.08. The number of nitrogens with one attached hydrogen (secondary N) is 1. The Labute approximate surface area is 88.0 Å². The van der Waals surface area contributed by atoms with Crippen LogP contribution in [0.15, 0.2) is 0 Å². The summed E-state index contributed by atoms with van der Waals surface area (Å²) in [5, 5.41) is 1.58. The molecule has 12 heavy (non-hydrogen) atoms. The van der Waals surface area contributed by atoms with Crippen molar-refractivity contribution in [2.75, 3.05) is 0 Å². The number of carbonyl (C=O) groups excluding carboxylic acids is 2. The van der Waals surface area contributed by atoms with E-state index in [1.165, 1.54) is 0 Å². The zero-order valence-corrected chi connectivity index (χ0v) is 5.23. The van der Waals surface area contributed by atoms with Gasteiger partial charge in [0.2, 0.25) is 11.8 Å². The molecular formula is C5H5F3NNaO2. The fourth-order valence-corrected chi connectivity index (χ4v) is 0.818. The van der Waals surface area contributed by atoms with E-state index in [4.69, 9.17) is 0 Å². The third-order valence-electron chi connectivity index (χ3n) is 1.36. The Bertz CT molecular complexity index is 215. The van der Waals surface area contributed by atoms with E-state index in [2.05, 4.69) is 0 Å². The number of alkyl halides is 3. The van der Waals surface area contributed by atoms with E-state index in [-0.39, 0.29) is 29.6 Å². The number of imide groups is 1. The van der Waals surface area contributed by atoms with Crippen molar-refractivity contribution in [2.45, 2.75) is 12.6 Å². The van der Waals surface area contributed by atoms with Gasteiger partial charge < -0.3 is 0 Å². The van der Waals surface area contributed by atoms with Gasteiger partial charge in [-0.15, -0.1) is 0 Å². The molecule has 1 saturated heterocycles. The van der Waals surface area contributed by atoms with Crippen LogP contribution in [0.4, 0.5) is 13.2 Å². The van der Waals surface area contributed by atoms with Crippen molar-refractivity contribution in [1.82, 2.24) is 5.32 Å². The van der Waals surface area contributed by atoms with Crippen LogP contribution in [-0.2, 0) is 9.59 Å². The van der Waals surface area contributed by atoms with Crippen molar-refractivity contribution in [3.05, 3.63) is 0 Å². The Hall–Kier alpha value is -0.0700. The van der Waals surface area contributed by atoms with E-state index in [9.17, 15) is 22.8 Å². The molecule has 7 heteroatoms. The number of halogens is 3. The second-order valence-electron chi connectivity index (χ2n) is 2.21. The third-order valence-corrected chi connectivity index (χ3v) is 1.36. The molecule has 0 aromatic rings. The topological polar surface area (TPSA) is 46.2 Å². The summed E-state index contributed by atoms with van der Waals surface area (Å²) in [6, 6.07) is 0. The van der Waals surface area contributed by atoms with Crippen LogP contribution in [0.25, 0.3) is 0 Å². The number of carbonyl (C=O) groups is 2. The van der Waals surface area contributed by atoms with E-state index in [1.54, 1.807) is 5.32 Å². The van der Waals surface area contributed by atoms with Crippen LogP contribution in [0.5, 0.6) is 0 Å². The summed E-state index contributed by atoms with van der Waals surface area (Å²) < 4.78 is 35.3. The molecule has 64 valence electrons. The Kier molecular flexibility index (Phi) is 3.74. The van der Waals surface area contributed by atoms with Crippen molar-refractivity contribution in [2.24, 2.45) is 5.92 Å². The van der Waals surface area contributed by atoms with E-state index in [1.807, 2.05) is 0 Å². The molecule has 1 heterocycles. The van der Waals surface area contributed by atoms with Crippen molar-refractivity contribution in [3.8, 4) is 0 Å². The van der Waals surface area contributed by atoms with E-state index < -0.39 is 30.3 Å². The van der Waals surface area contributed by atoms with Crippen molar-refractivity contribution >= 4 is 41.4 Å². The van der Waals surface area contributed by atoms with Gasteiger partial charge in [0.05, 0.1) is 0 Å². The second-order valence-corrected chi connectivity index (χ2v) is 2.21. The van der Waals surface area contributed by atoms with Gasteiger partial charge in [0, 0.05) is 6.42 Å². The normalized spacial score (nSPS) is 23.4. The van der Waals surface area contributed by atoms with Gasteiger partial charge in [-0.3, -0.25) is 14.9 Å². The van der Waals surface area contributed by atoms with Gasteiger partial charge in [0.1, 0.15) is 5.92 Å². The molecule has 2 amide bonds. The van der Waals surface area contributed by atoms with Crippen LogP contribution in [0, 0.1) is 5.92 Å². The van der Waals surface area contributed by atoms with E-state index in [0.717, 1.165) is 0 Å². The molecule has 1 aliphatic heterocycles. The second kappa shape index (κ2) is 3.76. The fraction of sp³-hybridized carbons (Fsp3) is 0.600. The first-order chi connectivity index (χ1) is 4.91. The number of amides is 2. The quantitative estimate of drug-likeness (QED) is 0.417. The van der Waals surface area contributed by atoms with Crippen LogP contribution < -0.4 is 5.32 Å². The molecule has 0 spiro atoms. The summed E-state index contributed by atoms with van der Waals surface area (Å²) in [5.74, 6) is -4.25. The van der Waals surface area contributed by atoms with Gasteiger partial charge >= 0.3 is 35.7 Å². The Morgan fingerprint density at radius 1 is 1.33 bits per heavy atom. The summed E-state index contributed by atoms with van der Waals surface area (Å²) in [4.78, 5) is 20.7. The van der Waals surface area contributed by atoms with Crippen molar-refractivity contribution in [3.63, 3.8) is 0 Å². The molecule has 0 bridgehead atoms. The van der Waals surface area contributed by atoms with Gasteiger partial charge in [0.15, 0.2) is 0 Å². The maximum atomic E-state index is 11.8. The molecule has 0 radical (unpaired) electrons. The summed E-state index contributed by atoms with van der Waals surface area (Å²) in [6.07, 6.45) is -5.38. The Balaban J connectivity index is 0.00000121. The summed E-state index contributed by atoms with van der Waals surface area (Å²) in [6.45, 7) is 0. The minimum atomic E-state index is -4.60. The molecule has 3 nitrogen and oxygen atoms in total. The van der Waals surface area contributed by atoms with Crippen LogP contribution in [0.2, 0.25) is 0 Å². The van der Waals surface area contributed by atoms with Crippen molar-refractivity contribution in [1.29, 1.82) is 0 Å². The predicted octanol–water partition coefficient (Wildman–Crippen LogP) is -0.437. The minimum absolute atomic E-state index is 0. The molecule has 1 N–H and O–H groups in total. The number of hydrogen-bond acceptors (Lipinski definition) is 2. The predicted molar refractivity (Wildman–Crippen MR) is 34.5 cm³/mol. The zero-order chi connectivity index (χ0) is 8.65. The van der Waals surface area contributed by atoms with Crippen molar-refractivity contribution < 1.29 is 22.8 Å². The number of hydrogen-bond donors (Lipinski definition) is 1. The first-order valence-corrected chi connectivity index (χ1v) is 2.81. The monoisotopic (exact) mass is 191 g/mol. The first kappa shape index (κ1) is 11.9. The van der Waals surface area contributed by atoms with Gasteiger partial charge in [-0.05, 0) is 0 Å². The van der Waals surface area contributed by atoms with Gasteiger partial charge in [-0.1, -0.05) is 0 Å². The van der Waals surface area contributed by atoms with E-state index >= 15 is 0 Å². The average molecular weight is 191 g/mol. The zero-order valence-electron chi connectivity index (χ0n) is 5.23. The number of rotatable bonds is 0. The SMILES string of the molecule is O=C1CC(C(F)(F)F)C(=O)N1.[NaH]. The van der Waals surface area contributed by atoms with Crippen LogP contribution in [0.3, 0.4) is 0 Å². The van der Waals surface area contributed by atoms with Gasteiger partial charge in [0.25, 0.3) is 0 Å². The first-order valence-electron chi connectivity index (χ1n) is 2.81. The molecule has 0 saturated carbocycles. The molecule has 1 fully saturated rings. The summed E-state index contributed by atoms with van der Waals surface area (Å²) in [5.41, 5.74) is 0. The molecule has 0 aliphatic carbocycles. The van der Waals surface area contributed by atoms with E-state index in [0.29, 0.717) is 0 Å². The fourth-order valence-electron chi connectivity index (χ4n) is 0.818. The molecule has 0 aromatic carbocycles. The molecule has 1 rings (SSSR count). The Morgan fingerprint density at radius 2 is 1.83 bits per heavy atom. The molecule has 1 atom stereocenters. The Morgan fingerprint density at radius 3 is 2.00 bits per heavy atom. The van der Waals surface area contributed by atoms with Crippen LogP contribution >= 0.6 is 0 Å². The van der Waals surface area contributed by atoms with Crippen LogP contribution in [0.1, 0.15) is 6.42 Å². The molecule has 0 aromatic heterocycles. The van der Waals surface area contributed by atoms with Gasteiger partial charge in [-0.2, -0.15) is 13.2 Å². The summed E-state index contributed by atoms with van der Waals surface area (Å²) in [7, 11) is 0. The molecule has 1 aliphatic rings. The van der Waals surface area contributed by atoms with Gasteiger partial charge in [-0.25, -0.2) is 0 Å². The van der Waals surface area contributed by atoms with Crippen LogP contribution in [-0.4, -0.2) is 47.5 Å². The standard InChI is InChI=1S/C5H4F3NO2.Na.H/c6-5(7,8)2-1-3(10)9-4(2)11;;/h2H,1H2,(H,9,10,11);;.